The molecule has 15 heavy (non-hydrogen) atoms. The molecule has 1 atom stereocenters. The first kappa shape index (κ1) is 12.4. The summed E-state index contributed by atoms with van der Waals surface area (Å²) < 4.78 is 30.1. The van der Waals surface area contributed by atoms with Crippen LogP contribution in [0.25, 0.3) is 0 Å². The van der Waals surface area contributed by atoms with E-state index in [1.165, 1.54) is 0 Å². The summed E-state index contributed by atoms with van der Waals surface area (Å²) in [6.45, 7) is 1.88. The second-order valence-corrected chi connectivity index (χ2v) is 5.45. The maximum Gasteiger partial charge on any atom is 0.327 e. The van der Waals surface area contributed by atoms with Gasteiger partial charge >= 0.3 is 5.97 Å². The molecule has 0 aromatic rings. The minimum absolute atomic E-state index is 0.0674. The second-order valence-electron chi connectivity index (χ2n) is 3.61. The van der Waals surface area contributed by atoms with Crippen LogP contribution in [0, 0.1) is 0 Å². The molecule has 6 nitrogen and oxygen atoms in total. The van der Waals surface area contributed by atoms with E-state index in [1.54, 1.807) is 6.92 Å². The van der Waals surface area contributed by atoms with Crippen molar-refractivity contribution in [3.8, 4) is 0 Å². The molecule has 0 spiro atoms. The minimum atomic E-state index is -3.53. The number of carboxylic acids is 1. The Balaban J connectivity index is 2.80. The van der Waals surface area contributed by atoms with Gasteiger partial charge in [-0.2, -0.15) is 4.72 Å². The first-order valence-corrected chi connectivity index (χ1v) is 6.40. The second kappa shape index (κ2) is 4.46. The maximum absolute atomic E-state index is 11.5. The first-order valence-electron chi connectivity index (χ1n) is 4.75. The van der Waals surface area contributed by atoms with Gasteiger partial charge in [-0.1, -0.05) is 6.92 Å². The molecule has 88 valence electrons. The highest BCUT2D eigenvalue weighted by Gasteiger charge is 2.45. The molecule has 0 saturated carbocycles. The third-order valence-electron chi connectivity index (χ3n) is 2.25. The average Bonchev–Trinajstić information content (AvgIpc) is 2.52. The van der Waals surface area contributed by atoms with Crippen LogP contribution in [-0.4, -0.2) is 44.0 Å². The number of rotatable bonds is 5. The van der Waals surface area contributed by atoms with Gasteiger partial charge in [0.05, 0.1) is 12.4 Å². The summed E-state index contributed by atoms with van der Waals surface area (Å²) in [6.07, 6.45) is 0.622. The molecule has 1 aliphatic heterocycles. The van der Waals surface area contributed by atoms with Crippen molar-refractivity contribution in [3.05, 3.63) is 0 Å². The molecule has 0 aliphatic carbocycles. The van der Waals surface area contributed by atoms with Gasteiger partial charge < -0.3 is 9.84 Å². The smallest absolute Gasteiger partial charge is 0.327 e. The highest BCUT2D eigenvalue weighted by molar-refractivity contribution is 7.89. The monoisotopic (exact) mass is 237 g/mol. The summed E-state index contributed by atoms with van der Waals surface area (Å²) in [6, 6.07) is 0. The van der Waals surface area contributed by atoms with Crippen LogP contribution in [0.15, 0.2) is 0 Å². The summed E-state index contributed by atoms with van der Waals surface area (Å²) >= 11 is 0. The van der Waals surface area contributed by atoms with Crippen LogP contribution in [0.4, 0.5) is 0 Å². The molecule has 1 rings (SSSR count). The molecule has 0 amide bonds. The summed E-state index contributed by atoms with van der Waals surface area (Å²) in [5.41, 5.74) is -1.46. The molecule has 1 aliphatic rings. The van der Waals surface area contributed by atoms with E-state index in [4.69, 9.17) is 9.84 Å². The van der Waals surface area contributed by atoms with Gasteiger partial charge in [-0.25, -0.2) is 8.42 Å². The van der Waals surface area contributed by atoms with Crippen molar-refractivity contribution in [3.63, 3.8) is 0 Å². The van der Waals surface area contributed by atoms with Gasteiger partial charge in [-0.3, -0.25) is 4.79 Å². The predicted octanol–water partition coefficient (Wildman–Crippen LogP) is -0.440. The van der Waals surface area contributed by atoms with Crippen LogP contribution >= 0.6 is 0 Å². The number of aliphatic carboxylic acids is 1. The van der Waals surface area contributed by atoms with Gasteiger partial charge in [0, 0.05) is 13.0 Å². The lowest BCUT2D eigenvalue weighted by atomic mass is 10.0. The zero-order chi connectivity index (χ0) is 11.5. The van der Waals surface area contributed by atoms with Crippen LogP contribution in [-0.2, 0) is 19.6 Å². The van der Waals surface area contributed by atoms with Crippen LogP contribution < -0.4 is 4.72 Å². The summed E-state index contributed by atoms with van der Waals surface area (Å²) in [5.74, 6) is -1.25. The number of carboxylic acid groups (broad SMARTS) is 1. The van der Waals surface area contributed by atoms with Gasteiger partial charge in [0.2, 0.25) is 10.0 Å². The van der Waals surface area contributed by atoms with Gasteiger partial charge in [0.1, 0.15) is 0 Å². The van der Waals surface area contributed by atoms with E-state index in [2.05, 4.69) is 4.72 Å². The Labute approximate surface area is 88.7 Å². The molecule has 0 bridgehead atoms. The van der Waals surface area contributed by atoms with Gasteiger partial charge in [0.25, 0.3) is 0 Å². The highest BCUT2D eigenvalue weighted by Crippen LogP contribution is 2.20. The van der Waals surface area contributed by atoms with Crippen molar-refractivity contribution in [1.29, 1.82) is 0 Å². The standard InChI is InChI=1S/C8H15NO5S/c1-2-5-15(12,13)9-8(7(10)11)3-4-14-6-8/h9H,2-6H2,1H3,(H,10,11). The van der Waals surface area contributed by atoms with Crippen LogP contribution in [0.5, 0.6) is 0 Å². The normalized spacial score (nSPS) is 26.7. The molecular formula is C8H15NO5S. The van der Waals surface area contributed by atoms with E-state index in [-0.39, 0.29) is 25.4 Å². The largest absolute Gasteiger partial charge is 0.480 e. The molecule has 7 heteroatoms. The van der Waals surface area contributed by atoms with Gasteiger partial charge in [0.15, 0.2) is 5.54 Å². The van der Waals surface area contributed by atoms with E-state index in [1.807, 2.05) is 0 Å². The summed E-state index contributed by atoms with van der Waals surface area (Å²) in [5, 5.41) is 8.99. The quantitative estimate of drug-likeness (QED) is 0.676. The van der Waals surface area contributed by atoms with Crippen molar-refractivity contribution in [1.82, 2.24) is 4.72 Å². The molecule has 0 aromatic carbocycles. The third kappa shape index (κ3) is 2.90. The molecule has 0 aromatic heterocycles. The number of carbonyl (C=O) groups is 1. The first-order chi connectivity index (χ1) is 6.92. The van der Waals surface area contributed by atoms with Crippen molar-refractivity contribution >= 4 is 16.0 Å². The summed E-state index contributed by atoms with van der Waals surface area (Å²) in [7, 11) is -3.53. The number of nitrogens with one attached hydrogen (secondary N) is 1. The lowest BCUT2D eigenvalue weighted by Crippen LogP contribution is -2.55. The van der Waals surface area contributed by atoms with Crippen LogP contribution in [0.2, 0.25) is 0 Å². The maximum atomic E-state index is 11.5. The Kier molecular flexibility index (Phi) is 3.69. The van der Waals surface area contributed by atoms with Crippen molar-refractivity contribution in [2.75, 3.05) is 19.0 Å². The average molecular weight is 237 g/mol. The van der Waals surface area contributed by atoms with Crippen molar-refractivity contribution < 1.29 is 23.1 Å². The van der Waals surface area contributed by atoms with Crippen molar-refractivity contribution in [2.24, 2.45) is 0 Å². The Morgan fingerprint density at radius 1 is 1.60 bits per heavy atom. The fourth-order valence-electron chi connectivity index (χ4n) is 1.48. The molecule has 1 unspecified atom stereocenters. The fourth-order valence-corrected chi connectivity index (χ4v) is 2.96. The molecule has 1 heterocycles. The lowest BCUT2D eigenvalue weighted by molar-refractivity contribution is -0.144. The van der Waals surface area contributed by atoms with E-state index < -0.39 is 21.5 Å². The Morgan fingerprint density at radius 3 is 2.67 bits per heavy atom. The Bertz CT molecular complexity index is 331. The van der Waals surface area contributed by atoms with Crippen molar-refractivity contribution in [2.45, 2.75) is 25.3 Å². The number of hydrogen-bond donors (Lipinski definition) is 2. The molecule has 1 fully saturated rings. The zero-order valence-corrected chi connectivity index (χ0v) is 9.34. The molecule has 1 saturated heterocycles. The lowest BCUT2D eigenvalue weighted by Gasteiger charge is -2.23. The van der Waals surface area contributed by atoms with E-state index in [0.717, 1.165) is 0 Å². The van der Waals surface area contributed by atoms with Gasteiger partial charge in [-0.05, 0) is 6.42 Å². The van der Waals surface area contributed by atoms with E-state index in [0.29, 0.717) is 6.42 Å². The Morgan fingerprint density at radius 2 is 2.27 bits per heavy atom. The SMILES string of the molecule is CCCS(=O)(=O)NC1(C(=O)O)CCOC1. The van der Waals surface area contributed by atoms with Crippen LogP contribution in [0.1, 0.15) is 19.8 Å². The van der Waals surface area contributed by atoms with E-state index in [9.17, 15) is 13.2 Å². The fraction of sp³-hybridized carbons (Fsp3) is 0.875. The van der Waals surface area contributed by atoms with Crippen LogP contribution in [0.3, 0.4) is 0 Å². The molecular weight excluding hydrogens is 222 g/mol. The van der Waals surface area contributed by atoms with Gasteiger partial charge in [-0.15, -0.1) is 0 Å². The molecule has 0 radical (unpaired) electrons. The highest BCUT2D eigenvalue weighted by atomic mass is 32.2. The summed E-state index contributed by atoms with van der Waals surface area (Å²) in [4.78, 5) is 11.0. The minimum Gasteiger partial charge on any atom is -0.480 e. The Hall–Kier alpha value is -0.660. The zero-order valence-electron chi connectivity index (χ0n) is 8.52. The number of ether oxygens (including phenoxy) is 1. The third-order valence-corrected chi connectivity index (χ3v) is 3.90. The number of hydrogen-bond acceptors (Lipinski definition) is 4. The topological polar surface area (TPSA) is 92.7 Å². The molecule has 2 N–H and O–H groups in total. The number of sulfonamides is 1. The predicted molar refractivity (Wildman–Crippen MR) is 53.0 cm³/mol. The van der Waals surface area contributed by atoms with E-state index >= 15 is 0 Å².